The Labute approximate surface area is 76.4 Å². The van der Waals surface area contributed by atoms with E-state index in [4.69, 9.17) is 23.4 Å². The molecule has 0 saturated carbocycles. The minimum Gasteiger partial charge on any atom is -0.215 e. The third-order valence-corrected chi connectivity index (χ3v) is 2.01. The van der Waals surface area contributed by atoms with E-state index in [1.807, 2.05) is 30.3 Å². The molecule has 1 N–H and O–H groups in total. The summed E-state index contributed by atoms with van der Waals surface area (Å²) in [7, 11) is 0. The fourth-order valence-corrected chi connectivity index (χ4v) is 1.11. The largest absolute Gasteiger partial charge is 0.215 e. The standard InChI is InChI=1S/C8H9Cl2N/c9-8(11-10)6-7-4-2-1-3-5-7/h1-5,8,11H,6H2. The highest BCUT2D eigenvalue weighted by molar-refractivity contribution is 6.25. The summed E-state index contributed by atoms with van der Waals surface area (Å²) in [6.45, 7) is 0. The molecule has 3 heteroatoms. The highest BCUT2D eigenvalue weighted by Crippen LogP contribution is 2.05. The molecule has 1 rings (SSSR count). The normalized spacial score (nSPS) is 12.9. The lowest BCUT2D eigenvalue weighted by molar-refractivity contribution is 0.822. The van der Waals surface area contributed by atoms with Crippen molar-refractivity contribution < 1.29 is 0 Å². The van der Waals surface area contributed by atoms with Gasteiger partial charge in [-0.15, -0.1) is 11.6 Å². The van der Waals surface area contributed by atoms with Crippen LogP contribution in [0.2, 0.25) is 0 Å². The Hall–Kier alpha value is -0.240. The Balaban J connectivity index is 2.51. The maximum atomic E-state index is 5.76. The molecular formula is C8H9Cl2N. The number of rotatable bonds is 3. The van der Waals surface area contributed by atoms with Gasteiger partial charge in [-0.05, 0) is 17.3 Å². The lowest BCUT2D eigenvalue weighted by atomic mass is 10.2. The smallest absolute Gasteiger partial charge is 0.100 e. The van der Waals surface area contributed by atoms with Crippen molar-refractivity contribution in [1.29, 1.82) is 0 Å². The second-order valence-corrected chi connectivity index (χ2v) is 3.01. The Bertz CT molecular complexity index is 201. The van der Waals surface area contributed by atoms with E-state index >= 15 is 0 Å². The predicted octanol–water partition coefficient (Wildman–Crippen LogP) is 2.54. The first-order valence-electron chi connectivity index (χ1n) is 3.37. The SMILES string of the molecule is ClNC(Cl)Cc1ccccc1. The van der Waals surface area contributed by atoms with E-state index in [2.05, 4.69) is 4.84 Å². The number of nitrogens with one attached hydrogen (secondary N) is 1. The Morgan fingerprint density at radius 1 is 1.27 bits per heavy atom. The van der Waals surface area contributed by atoms with E-state index in [9.17, 15) is 0 Å². The van der Waals surface area contributed by atoms with Crippen LogP contribution < -0.4 is 4.84 Å². The van der Waals surface area contributed by atoms with Gasteiger partial charge < -0.3 is 0 Å². The number of benzene rings is 1. The lowest BCUT2D eigenvalue weighted by Gasteiger charge is -2.04. The summed E-state index contributed by atoms with van der Waals surface area (Å²) in [5.74, 6) is 0. The van der Waals surface area contributed by atoms with Crippen LogP contribution in [0.15, 0.2) is 30.3 Å². The van der Waals surface area contributed by atoms with Crippen molar-refractivity contribution in [1.82, 2.24) is 4.84 Å². The van der Waals surface area contributed by atoms with Crippen LogP contribution in [0.1, 0.15) is 5.56 Å². The zero-order valence-electron chi connectivity index (χ0n) is 5.93. The van der Waals surface area contributed by atoms with E-state index in [0.29, 0.717) is 0 Å². The number of alkyl halides is 1. The topological polar surface area (TPSA) is 12.0 Å². The first kappa shape index (κ1) is 8.85. The van der Waals surface area contributed by atoms with E-state index < -0.39 is 0 Å². The molecule has 0 radical (unpaired) electrons. The van der Waals surface area contributed by atoms with Crippen LogP contribution in [0.25, 0.3) is 0 Å². The lowest BCUT2D eigenvalue weighted by Crippen LogP contribution is -2.15. The first-order valence-corrected chi connectivity index (χ1v) is 4.18. The molecule has 0 spiro atoms. The summed E-state index contributed by atoms with van der Waals surface area (Å²) in [6.07, 6.45) is 0.742. The summed E-state index contributed by atoms with van der Waals surface area (Å²) < 4.78 is 0. The highest BCUT2D eigenvalue weighted by Gasteiger charge is 2.01. The Kier molecular flexibility index (Phi) is 3.70. The van der Waals surface area contributed by atoms with Gasteiger partial charge in [0.15, 0.2) is 0 Å². The van der Waals surface area contributed by atoms with Crippen LogP contribution in [0.5, 0.6) is 0 Å². The molecule has 0 amide bonds. The summed E-state index contributed by atoms with van der Waals surface area (Å²) in [5.41, 5.74) is 0.986. The molecule has 0 bridgehead atoms. The van der Waals surface area contributed by atoms with Gasteiger partial charge in [0, 0.05) is 6.42 Å². The van der Waals surface area contributed by atoms with Gasteiger partial charge in [-0.25, -0.2) is 4.84 Å². The van der Waals surface area contributed by atoms with Crippen molar-refractivity contribution in [3.63, 3.8) is 0 Å². The van der Waals surface area contributed by atoms with Gasteiger partial charge in [-0.2, -0.15) is 0 Å². The summed E-state index contributed by atoms with van der Waals surface area (Å²) in [5, 5.41) is 0. The van der Waals surface area contributed by atoms with Gasteiger partial charge in [0.2, 0.25) is 0 Å². The average molecular weight is 190 g/mol. The van der Waals surface area contributed by atoms with E-state index in [0.717, 1.165) is 6.42 Å². The third-order valence-electron chi connectivity index (χ3n) is 1.38. The molecule has 0 aliphatic carbocycles. The van der Waals surface area contributed by atoms with Gasteiger partial charge in [0.1, 0.15) is 5.50 Å². The second kappa shape index (κ2) is 4.60. The molecule has 0 saturated heterocycles. The van der Waals surface area contributed by atoms with Crippen molar-refractivity contribution >= 4 is 23.4 Å². The third kappa shape index (κ3) is 3.10. The average Bonchev–Trinajstić information content (AvgIpc) is 2.06. The van der Waals surface area contributed by atoms with Gasteiger partial charge >= 0.3 is 0 Å². The van der Waals surface area contributed by atoms with Crippen LogP contribution in [0.3, 0.4) is 0 Å². The van der Waals surface area contributed by atoms with E-state index in [1.54, 1.807) is 0 Å². The molecule has 1 aromatic carbocycles. The van der Waals surface area contributed by atoms with Crippen molar-refractivity contribution in [2.45, 2.75) is 11.9 Å². The molecular weight excluding hydrogens is 181 g/mol. The fraction of sp³-hybridized carbons (Fsp3) is 0.250. The zero-order valence-corrected chi connectivity index (χ0v) is 7.44. The molecule has 1 nitrogen and oxygen atoms in total. The highest BCUT2D eigenvalue weighted by atomic mass is 35.5. The molecule has 1 atom stereocenters. The van der Waals surface area contributed by atoms with Gasteiger partial charge in [0.05, 0.1) is 0 Å². The molecule has 11 heavy (non-hydrogen) atoms. The number of halogens is 2. The predicted molar refractivity (Wildman–Crippen MR) is 48.8 cm³/mol. The van der Waals surface area contributed by atoms with Crippen LogP contribution >= 0.6 is 23.4 Å². The molecule has 0 aliphatic heterocycles. The maximum Gasteiger partial charge on any atom is 0.100 e. The van der Waals surface area contributed by atoms with Crippen molar-refractivity contribution in [2.24, 2.45) is 0 Å². The minimum absolute atomic E-state index is 0.195. The van der Waals surface area contributed by atoms with Crippen LogP contribution in [-0.2, 0) is 6.42 Å². The molecule has 0 aliphatic rings. The Morgan fingerprint density at radius 2 is 1.91 bits per heavy atom. The van der Waals surface area contributed by atoms with Crippen LogP contribution in [0, 0.1) is 0 Å². The molecule has 0 heterocycles. The molecule has 0 aromatic heterocycles. The van der Waals surface area contributed by atoms with Gasteiger partial charge in [-0.3, -0.25) is 0 Å². The van der Waals surface area contributed by atoms with E-state index in [1.165, 1.54) is 5.56 Å². The van der Waals surface area contributed by atoms with Crippen molar-refractivity contribution in [2.75, 3.05) is 0 Å². The minimum atomic E-state index is -0.195. The maximum absolute atomic E-state index is 5.76. The summed E-state index contributed by atoms with van der Waals surface area (Å²) >= 11 is 11.1. The zero-order chi connectivity index (χ0) is 8.10. The quantitative estimate of drug-likeness (QED) is 0.438. The van der Waals surface area contributed by atoms with Gasteiger partial charge in [0.25, 0.3) is 0 Å². The Morgan fingerprint density at radius 3 is 2.45 bits per heavy atom. The molecule has 60 valence electrons. The van der Waals surface area contributed by atoms with Gasteiger partial charge in [-0.1, -0.05) is 30.3 Å². The van der Waals surface area contributed by atoms with Crippen LogP contribution in [-0.4, -0.2) is 5.50 Å². The van der Waals surface area contributed by atoms with Crippen molar-refractivity contribution in [3.8, 4) is 0 Å². The number of hydrogen-bond donors (Lipinski definition) is 1. The molecule has 1 unspecified atom stereocenters. The number of hydrogen-bond acceptors (Lipinski definition) is 1. The van der Waals surface area contributed by atoms with E-state index in [-0.39, 0.29) is 5.50 Å². The summed E-state index contributed by atoms with van der Waals surface area (Å²) in [4.78, 5) is 2.45. The molecule has 1 aromatic rings. The monoisotopic (exact) mass is 189 g/mol. The first-order chi connectivity index (χ1) is 5.33. The fourth-order valence-electron chi connectivity index (χ4n) is 0.860. The van der Waals surface area contributed by atoms with Crippen molar-refractivity contribution in [3.05, 3.63) is 35.9 Å². The van der Waals surface area contributed by atoms with Crippen LogP contribution in [0.4, 0.5) is 0 Å². The second-order valence-electron chi connectivity index (χ2n) is 2.27. The molecule has 0 fully saturated rings. The summed E-state index contributed by atoms with van der Waals surface area (Å²) in [6, 6.07) is 9.97.